The van der Waals surface area contributed by atoms with Gasteiger partial charge in [0.15, 0.2) is 0 Å². The molecule has 0 heterocycles. The highest BCUT2D eigenvalue weighted by Crippen LogP contribution is 2.37. The number of carbonyl (C=O) groups excluding carboxylic acids is 4. The highest BCUT2D eigenvalue weighted by atomic mass is 28.3. The van der Waals surface area contributed by atoms with Crippen LogP contribution in [0.25, 0.3) is 10.8 Å². The highest BCUT2D eigenvalue weighted by Gasteiger charge is 2.33. The molecule has 1 atom stereocenters. The minimum atomic E-state index is -1.49. The van der Waals surface area contributed by atoms with Crippen LogP contribution in [-0.4, -0.2) is 68.4 Å². The monoisotopic (exact) mass is 636 g/mol. The van der Waals surface area contributed by atoms with Crippen molar-refractivity contribution in [1.29, 1.82) is 0 Å². The molecule has 0 fully saturated rings. The molecule has 2 N–H and O–H groups in total. The molecule has 2 amide bonds. The number of hydrogen-bond donors (Lipinski definition) is 2. The zero-order valence-corrected chi connectivity index (χ0v) is 27.6. The molecule has 12 heteroatoms. The van der Waals surface area contributed by atoms with E-state index in [4.69, 9.17) is 14.2 Å². The molecule has 0 aliphatic heterocycles. The number of para-hydroxylation sites is 1. The number of anilines is 2. The molecule has 1 unspecified atom stereocenters. The third kappa shape index (κ3) is 9.39. The smallest absolute Gasteiger partial charge is 0.407 e. The first-order chi connectivity index (χ1) is 21.0. The number of alkyl carbamates (subject to hydrolysis) is 1. The topological polar surface area (TPSA) is 149 Å². The number of carboxylic acid groups (broad SMARTS) is 1. The lowest BCUT2D eigenvalue weighted by molar-refractivity contribution is -0.162. The van der Waals surface area contributed by atoms with Crippen LogP contribution in [0.5, 0.6) is 0 Å². The van der Waals surface area contributed by atoms with E-state index < -0.39 is 49.6 Å². The molecule has 0 spiro atoms. The lowest BCUT2D eigenvalue weighted by Crippen LogP contribution is -2.43. The molecule has 3 aromatic carbocycles. The maximum absolute atomic E-state index is 13.8. The van der Waals surface area contributed by atoms with Crippen molar-refractivity contribution >= 4 is 60.1 Å². The van der Waals surface area contributed by atoms with Gasteiger partial charge in [-0.05, 0) is 56.0 Å². The Kier molecular flexibility index (Phi) is 11.1. The number of amides is 2. The average molecular weight is 637 g/mol. The van der Waals surface area contributed by atoms with E-state index >= 15 is 0 Å². The van der Waals surface area contributed by atoms with Crippen LogP contribution in [0.2, 0.25) is 25.7 Å². The quantitative estimate of drug-likeness (QED) is 0.124. The molecule has 0 saturated heterocycles. The van der Waals surface area contributed by atoms with Crippen molar-refractivity contribution in [1.82, 2.24) is 5.32 Å². The Bertz CT molecular complexity index is 1590. The normalized spacial score (nSPS) is 12.2. The summed E-state index contributed by atoms with van der Waals surface area (Å²) in [6, 6.07) is 15.7. The minimum absolute atomic E-state index is 0.0212. The highest BCUT2D eigenvalue weighted by molar-refractivity contribution is 6.76. The summed E-state index contributed by atoms with van der Waals surface area (Å²) < 4.78 is 15.6. The van der Waals surface area contributed by atoms with Crippen LogP contribution < -0.4 is 10.2 Å². The van der Waals surface area contributed by atoms with E-state index in [2.05, 4.69) is 25.0 Å². The molecular formula is C33H40N2O9Si. The maximum Gasteiger partial charge on any atom is 0.407 e. The van der Waals surface area contributed by atoms with E-state index in [1.54, 1.807) is 63.2 Å². The maximum atomic E-state index is 13.8. The fourth-order valence-electron chi connectivity index (χ4n) is 4.50. The molecule has 45 heavy (non-hydrogen) atoms. The van der Waals surface area contributed by atoms with Gasteiger partial charge in [-0.15, -0.1) is 0 Å². The summed E-state index contributed by atoms with van der Waals surface area (Å²) in [7, 11) is -0.294. The van der Waals surface area contributed by atoms with Gasteiger partial charge in [-0.2, -0.15) is 0 Å². The summed E-state index contributed by atoms with van der Waals surface area (Å²) in [6.07, 6.45) is -0.782. The molecule has 0 saturated carbocycles. The summed E-state index contributed by atoms with van der Waals surface area (Å²) in [5.74, 6) is -4.17. The Labute approximate surface area is 263 Å². The van der Waals surface area contributed by atoms with Crippen LogP contribution >= 0.6 is 0 Å². The second-order valence-electron chi connectivity index (χ2n) is 12.6. The number of esters is 2. The van der Waals surface area contributed by atoms with Crippen LogP contribution in [-0.2, 0) is 35.0 Å². The van der Waals surface area contributed by atoms with E-state index in [1.165, 1.54) is 25.3 Å². The number of ether oxygens (including phenoxy) is 3. The van der Waals surface area contributed by atoms with Gasteiger partial charge in [0.25, 0.3) is 0 Å². The van der Waals surface area contributed by atoms with Gasteiger partial charge in [-0.1, -0.05) is 62.1 Å². The van der Waals surface area contributed by atoms with E-state index in [-0.39, 0.29) is 30.0 Å². The van der Waals surface area contributed by atoms with Gasteiger partial charge in [0.05, 0.1) is 30.7 Å². The number of nitrogens with zero attached hydrogens (tertiary/aromatic N) is 1. The van der Waals surface area contributed by atoms with E-state index in [1.807, 2.05) is 0 Å². The van der Waals surface area contributed by atoms with Crippen LogP contribution in [0, 0.1) is 0 Å². The third-order valence-electron chi connectivity index (χ3n) is 6.67. The fraction of sp³-hybridized carbons (Fsp3) is 0.364. The Morgan fingerprint density at radius 2 is 1.51 bits per heavy atom. The number of fused-ring (bicyclic) bond motifs is 1. The standard InChI is InChI=1S/C33H40N2O9Si/c1-33(2,3)44-31(40)28(36)35(26-15-11-10-14-24(26)29(37)38)27-17-16-21(22-12-8-9-13-23(22)27)20-25(34-32(41)42-4)30(39)43-18-19-45(5,6)7/h8-17,25H,18-20H2,1-7H3,(H,34,41)(H,37,38). The van der Waals surface area contributed by atoms with Crippen molar-refractivity contribution in [3.05, 3.63) is 71.8 Å². The number of nitrogens with one attached hydrogen (secondary N) is 1. The SMILES string of the molecule is COC(=O)NC(Cc1ccc(N(C(=O)C(=O)OC(C)(C)C)c2ccccc2C(=O)O)c2ccccc12)C(=O)OCC[Si](C)(C)C. The first-order valence-electron chi connectivity index (χ1n) is 14.4. The zero-order valence-electron chi connectivity index (χ0n) is 26.6. The molecule has 0 aliphatic carbocycles. The van der Waals surface area contributed by atoms with Crippen LogP contribution in [0.4, 0.5) is 16.2 Å². The van der Waals surface area contributed by atoms with E-state index in [0.29, 0.717) is 16.3 Å². The summed E-state index contributed by atoms with van der Waals surface area (Å²) in [5.41, 5.74) is -0.383. The van der Waals surface area contributed by atoms with Crippen LogP contribution in [0.1, 0.15) is 36.7 Å². The summed E-state index contributed by atoms with van der Waals surface area (Å²) in [6.45, 7) is 11.5. The van der Waals surface area contributed by atoms with Gasteiger partial charge in [-0.3, -0.25) is 9.69 Å². The molecule has 240 valence electrons. The van der Waals surface area contributed by atoms with Gasteiger partial charge in [0.2, 0.25) is 0 Å². The van der Waals surface area contributed by atoms with Gasteiger partial charge in [0.1, 0.15) is 11.6 Å². The van der Waals surface area contributed by atoms with Crippen molar-refractivity contribution in [3.63, 3.8) is 0 Å². The van der Waals surface area contributed by atoms with E-state index in [0.717, 1.165) is 10.9 Å². The van der Waals surface area contributed by atoms with Crippen molar-refractivity contribution in [2.45, 2.75) is 64.5 Å². The number of methoxy groups -OCH3 is 1. The Morgan fingerprint density at radius 1 is 0.889 bits per heavy atom. The zero-order chi connectivity index (χ0) is 33.5. The number of benzene rings is 3. The Balaban J connectivity index is 2.14. The summed E-state index contributed by atoms with van der Waals surface area (Å²) in [5, 5.41) is 13.6. The van der Waals surface area contributed by atoms with Crippen molar-refractivity contribution < 1.29 is 43.3 Å². The molecule has 0 radical (unpaired) electrons. The van der Waals surface area contributed by atoms with Crippen molar-refractivity contribution in [2.24, 2.45) is 0 Å². The predicted octanol–water partition coefficient (Wildman–Crippen LogP) is 5.69. The largest absolute Gasteiger partial charge is 0.478 e. The predicted molar refractivity (Wildman–Crippen MR) is 172 cm³/mol. The summed E-state index contributed by atoms with van der Waals surface area (Å²) >= 11 is 0. The summed E-state index contributed by atoms with van der Waals surface area (Å²) in [4.78, 5) is 65.3. The number of carbonyl (C=O) groups is 5. The average Bonchev–Trinajstić information content (AvgIpc) is 2.96. The van der Waals surface area contributed by atoms with Crippen LogP contribution in [0.3, 0.4) is 0 Å². The van der Waals surface area contributed by atoms with Crippen molar-refractivity contribution in [3.8, 4) is 0 Å². The van der Waals surface area contributed by atoms with Crippen LogP contribution in [0.15, 0.2) is 60.7 Å². The van der Waals surface area contributed by atoms with Crippen molar-refractivity contribution in [2.75, 3.05) is 18.6 Å². The Morgan fingerprint density at radius 3 is 2.11 bits per heavy atom. The molecule has 0 aliphatic rings. The molecule has 3 aromatic rings. The molecule has 3 rings (SSSR count). The first kappa shape index (κ1) is 34.8. The fourth-order valence-corrected chi connectivity index (χ4v) is 5.22. The number of carboxylic acids is 1. The van der Waals surface area contributed by atoms with E-state index in [9.17, 15) is 29.1 Å². The van der Waals surface area contributed by atoms with Gasteiger partial charge in [-0.25, -0.2) is 19.2 Å². The Hall–Kier alpha value is -4.71. The minimum Gasteiger partial charge on any atom is -0.478 e. The lowest BCUT2D eigenvalue weighted by atomic mass is 9.96. The molecular weight excluding hydrogens is 596 g/mol. The molecule has 0 aromatic heterocycles. The number of aromatic carboxylic acids is 1. The first-order valence-corrected chi connectivity index (χ1v) is 18.1. The molecule has 0 bridgehead atoms. The second-order valence-corrected chi connectivity index (χ2v) is 18.2. The number of rotatable bonds is 10. The lowest BCUT2D eigenvalue weighted by Gasteiger charge is -2.27. The molecule has 11 nitrogen and oxygen atoms in total. The number of hydrogen-bond acceptors (Lipinski definition) is 8. The second kappa shape index (κ2) is 14.4. The van der Waals surface area contributed by atoms with Gasteiger partial charge >= 0.3 is 29.9 Å². The van der Waals surface area contributed by atoms with Gasteiger partial charge in [0, 0.05) is 19.9 Å². The third-order valence-corrected chi connectivity index (χ3v) is 8.37. The van der Waals surface area contributed by atoms with Gasteiger partial charge < -0.3 is 24.6 Å².